The molecule has 2 aromatic heterocycles. The largest absolute Gasteiger partial charge is 0.451 e. The van der Waals surface area contributed by atoms with Crippen LogP contribution in [0, 0.1) is 6.92 Å². The molecule has 2 aromatic carbocycles. The van der Waals surface area contributed by atoms with E-state index in [0.717, 1.165) is 22.1 Å². The van der Waals surface area contributed by atoms with Crippen molar-refractivity contribution >= 4 is 16.9 Å². The number of carbonyl (C=O) groups is 1. The van der Waals surface area contributed by atoms with E-state index in [-0.39, 0.29) is 11.8 Å². The van der Waals surface area contributed by atoms with Crippen molar-refractivity contribution in [2.24, 2.45) is 0 Å². The summed E-state index contributed by atoms with van der Waals surface area (Å²) in [6.07, 6.45) is 0. The molecule has 0 aliphatic rings. The number of nitrogens with one attached hydrogen (secondary N) is 1. The van der Waals surface area contributed by atoms with Gasteiger partial charge in [-0.3, -0.25) is 4.79 Å². The van der Waals surface area contributed by atoms with Gasteiger partial charge >= 0.3 is 11.8 Å². The molecule has 0 saturated carbocycles. The Kier molecular flexibility index (Phi) is 3.78. The van der Waals surface area contributed by atoms with Crippen LogP contribution in [0.1, 0.15) is 21.8 Å². The van der Waals surface area contributed by atoms with Crippen LogP contribution in [0.5, 0.6) is 0 Å². The van der Waals surface area contributed by atoms with Crippen molar-refractivity contribution in [2.75, 3.05) is 0 Å². The second kappa shape index (κ2) is 6.24. The van der Waals surface area contributed by atoms with Crippen molar-refractivity contribution in [1.82, 2.24) is 15.5 Å². The van der Waals surface area contributed by atoms with E-state index in [9.17, 15) is 4.79 Å². The van der Waals surface area contributed by atoms with Gasteiger partial charge < -0.3 is 14.2 Å². The SMILES string of the molecule is Cc1c(-c2nnc(C(=O)NCc3ccccc3)o2)oc2ccccc12. The van der Waals surface area contributed by atoms with Crippen molar-refractivity contribution in [1.29, 1.82) is 0 Å². The molecule has 0 spiro atoms. The summed E-state index contributed by atoms with van der Waals surface area (Å²) in [6.45, 7) is 2.31. The molecule has 0 fully saturated rings. The Hall–Kier alpha value is -3.41. The summed E-state index contributed by atoms with van der Waals surface area (Å²) in [5, 5.41) is 11.5. The molecule has 4 rings (SSSR count). The number of furan rings is 1. The lowest BCUT2D eigenvalue weighted by Crippen LogP contribution is -2.23. The van der Waals surface area contributed by atoms with Gasteiger partial charge in [-0.25, -0.2) is 0 Å². The molecule has 6 nitrogen and oxygen atoms in total. The maximum atomic E-state index is 12.2. The minimum atomic E-state index is -0.420. The summed E-state index contributed by atoms with van der Waals surface area (Å²) in [5.74, 6) is 0.163. The molecule has 2 heterocycles. The Bertz CT molecular complexity index is 1030. The average molecular weight is 333 g/mol. The number of benzene rings is 2. The third-order valence-corrected chi connectivity index (χ3v) is 3.95. The third-order valence-electron chi connectivity index (χ3n) is 3.95. The first-order chi connectivity index (χ1) is 12.2. The van der Waals surface area contributed by atoms with Crippen LogP contribution in [0.15, 0.2) is 63.4 Å². The van der Waals surface area contributed by atoms with Gasteiger partial charge in [-0.2, -0.15) is 0 Å². The monoisotopic (exact) mass is 333 g/mol. The van der Waals surface area contributed by atoms with Gasteiger partial charge in [-0.1, -0.05) is 48.5 Å². The topological polar surface area (TPSA) is 81.2 Å². The van der Waals surface area contributed by atoms with Crippen LogP contribution < -0.4 is 5.32 Å². The predicted molar refractivity (Wildman–Crippen MR) is 91.9 cm³/mol. The molecular weight excluding hydrogens is 318 g/mol. The second-order valence-electron chi connectivity index (χ2n) is 5.63. The lowest BCUT2D eigenvalue weighted by Gasteiger charge is -2.01. The van der Waals surface area contributed by atoms with Gasteiger partial charge in [0.1, 0.15) is 5.58 Å². The lowest BCUT2D eigenvalue weighted by molar-refractivity contribution is 0.0916. The second-order valence-corrected chi connectivity index (χ2v) is 5.63. The molecule has 1 N–H and O–H groups in total. The molecule has 0 bridgehead atoms. The van der Waals surface area contributed by atoms with E-state index < -0.39 is 5.91 Å². The van der Waals surface area contributed by atoms with Crippen molar-refractivity contribution in [3.63, 3.8) is 0 Å². The Morgan fingerprint density at radius 1 is 1.00 bits per heavy atom. The highest BCUT2D eigenvalue weighted by Crippen LogP contribution is 2.31. The quantitative estimate of drug-likeness (QED) is 0.615. The molecule has 0 radical (unpaired) electrons. The van der Waals surface area contributed by atoms with Crippen LogP contribution in [-0.4, -0.2) is 16.1 Å². The Morgan fingerprint density at radius 2 is 1.76 bits per heavy atom. The van der Waals surface area contributed by atoms with Gasteiger partial charge in [0.25, 0.3) is 5.89 Å². The number of hydrogen-bond donors (Lipinski definition) is 1. The van der Waals surface area contributed by atoms with Crippen LogP contribution in [0.4, 0.5) is 0 Å². The van der Waals surface area contributed by atoms with E-state index in [0.29, 0.717) is 12.3 Å². The normalized spacial score (nSPS) is 10.9. The van der Waals surface area contributed by atoms with Crippen molar-refractivity contribution in [3.8, 4) is 11.7 Å². The average Bonchev–Trinajstić information content (AvgIpc) is 3.26. The van der Waals surface area contributed by atoms with Crippen LogP contribution in [-0.2, 0) is 6.54 Å². The maximum absolute atomic E-state index is 12.2. The van der Waals surface area contributed by atoms with E-state index in [1.54, 1.807) is 0 Å². The fourth-order valence-electron chi connectivity index (χ4n) is 2.64. The Morgan fingerprint density at radius 3 is 2.56 bits per heavy atom. The van der Waals surface area contributed by atoms with Crippen molar-refractivity contribution in [2.45, 2.75) is 13.5 Å². The van der Waals surface area contributed by atoms with E-state index in [2.05, 4.69) is 15.5 Å². The summed E-state index contributed by atoms with van der Waals surface area (Å²) in [6, 6.07) is 17.3. The molecule has 0 atom stereocenters. The smallest absolute Gasteiger partial charge is 0.309 e. The number of nitrogens with zero attached hydrogens (tertiary/aromatic N) is 2. The summed E-state index contributed by atoms with van der Waals surface area (Å²) < 4.78 is 11.3. The van der Waals surface area contributed by atoms with Crippen LogP contribution in [0.3, 0.4) is 0 Å². The number of para-hydroxylation sites is 1. The number of fused-ring (bicyclic) bond motifs is 1. The zero-order valence-corrected chi connectivity index (χ0v) is 13.5. The minimum Gasteiger partial charge on any atom is -0.451 e. The first-order valence-corrected chi connectivity index (χ1v) is 7.86. The molecule has 4 aromatic rings. The van der Waals surface area contributed by atoms with Crippen LogP contribution in [0.2, 0.25) is 0 Å². The Balaban J connectivity index is 1.55. The minimum absolute atomic E-state index is 0.0919. The van der Waals surface area contributed by atoms with Gasteiger partial charge in [-0.05, 0) is 18.6 Å². The van der Waals surface area contributed by atoms with Gasteiger partial charge in [0, 0.05) is 17.5 Å². The summed E-state index contributed by atoms with van der Waals surface area (Å²) >= 11 is 0. The number of aryl methyl sites for hydroxylation is 1. The first kappa shape index (κ1) is 15.1. The van der Waals surface area contributed by atoms with E-state index in [1.807, 2.05) is 61.5 Å². The van der Waals surface area contributed by atoms with E-state index >= 15 is 0 Å². The summed E-state index contributed by atoms with van der Waals surface area (Å²) in [4.78, 5) is 12.2. The highest BCUT2D eigenvalue weighted by Gasteiger charge is 2.20. The van der Waals surface area contributed by atoms with Gasteiger partial charge in [0.05, 0.1) is 0 Å². The zero-order chi connectivity index (χ0) is 17.2. The first-order valence-electron chi connectivity index (χ1n) is 7.86. The van der Waals surface area contributed by atoms with Crippen molar-refractivity contribution < 1.29 is 13.6 Å². The Labute approximate surface area is 143 Å². The maximum Gasteiger partial charge on any atom is 0.309 e. The lowest BCUT2D eigenvalue weighted by atomic mass is 10.1. The van der Waals surface area contributed by atoms with Crippen molar-refractivity contribution in [3.05, 3.63) is 71.6 Å². The van der Waals surface area contributed by atoms with E-state index in [4.69, 9.17) is 8.83 Å². The zero-order valence-electron chi connectivity index (χ0n) is 13.5. The number of rotatable bonds is 4. The number of aromatic nitrogens is 2. The molecule has 1 amide bonds. The predicted octanol–water partition coefficient (Wildman–Crippen LogP) is 3.72. The fraction of sp³-hybridized carbons (Fsp3) is 0.105. The molecule has 0 aliphatic heterocycles. The number of carbonyl (C=O) groups excluding carboxylic acids is 1. The fourth-order valence-corrected chi connectivity index (χ4v) is 2.64. The number of amides is 1. The molecule has 6 heteroatoms. The summed E-state index contributed by atoms with van der Waals surface area (Å²) in [7, 11) is 0. The van der Waals surface area contributed by atoms with E-state index in [1.165, 1.54) is 0 Å². The number of hydrogen-bond acceptors (Lipinski definition) is 5. The van der Waals surface area contributed by atoms with Gasteiger partial charge in [0.2, 0.25) is 0 Å². The summed E-state index contributed by atoms with van der Waals surface area (Å²) in [5.41, 5.74) is 2.63. The molecular formula is C19H15N3O3. The van der Waals surface area contributed by atoms with Gasteiger partial charge in [0.15, 0.2) is 5.76 Å². The van der Waals surface area contributed by atoms with Crippen LogP contribution in [0.25, 0.3) is 22.6 Å². The highest BCUT2D eigenvalue weighted by molar-refractivity contribution is 5.90. The molecule has 25 heavy (non-hydrogen) atoms. The molecule has 124 valence electrons. The molecule has 0 aliphatic carbocycles. The highest BCUT2D eigenvalue weighted by atomic mass is 16.4. The molecule has 0 unspecified atom stereocenters. The van der Waals surface area contributed by atoms with Crippen LogP contribution >= 0.6 is 0 Å². The molecule has 0 saturated heterocycles. The standard InChI is InChI=1S/C19H15N3O3/c1-12-14-9-5-6-10-15(14)24-16(12)18-21-22-19(25-18)17(23)20-11-13-7-3-2-4-8-13/h2-10H,11H2,1H3,(H,20,23). The third kappa shape index (κ3) is 2.89. The van der Waals surface area contributed by atoms with Gasteiger partial charge in [-0.15, -0.1) is 10.2 Å².